The maximum atomic E-state index is 12.7. The lowest BCUT2D eigenvalue weighted by Gasteiger charge is -2.34. The van der Waals surface area contributed by atoms with Gasteiger partial charge in [-0.05, 0) is 56.3 Å². The number of nitrogens with zero attached hydrogens (tertiary/aromatic N) is 1. The summed E-state index contributed by atoms with van der Waals surface area (Å²) in [7, 11) is -3.48. The highest BCUT2D eigenvalue weighted by Crippen LogP contribution is 2.30. The van der Waals surface area contributed by atoms with Crippen molar-refractivity contribution in [3.8, 4) is 0 Å². The Balaban J connectivity index is 0.00000192. The fraction of sp³-hybridized carbons (Fsp3) is 0.600. The summed E-state index contributed by atoms with van der Waals surface area (Å²) >= 11 is 11.8. The minimum Gasteiger partial charge on any atom is -0.314 e. The molecule has 8 heteroatoms. The first-order valence-electron chi connectivity index (χ1n) is 7.67. The van der Waals surface area contributed by atoms with Crippen LogP contribution in [0.4, 0.5) is 0 Å². The summed E-state index contributed by atoms with van der Waals surface area (Å²) in [5.41, 5.74) is 0. The second-order valence-electron chi connectivity index (χ2n) is 6.02. The van der Waals surface area contributed by atoms with E-state index in [0.29, 0.717) is 30.1 Å². The number of piperidine rings is 1. The van der Waals surface area contributed by atoms with Crippen molar-refractivity contribution in [3.05, 3.63) is 28.2 Å². The fourth-order valence-corrected chi connectivity index (χ4v) is 5.28. The Morgan fingerprint density at radius 2 is 1.78 bits per heavy atom. The van der Waals surface area contributed by atoms with E-state index in [-0.39, 0.29) is 22.3 Å². The first-order chi connectivity index (χ1) is 10.5. The van der Waals surface area contributed by atoms with Gasteiger partial charge in [0.2, 0.25) is 10.0 Å². The van der Waals surface area contributed by atoms with Crippen molar-refractivity contribution in [1.29, 1.82) is 0 Å². The molecule has 0 spiro atoms. The highest BCUT2D eigenvalue weighted by Gasteiger charge is 2.33. The van der Waals surface area contributed by atoms with Crippen LogP contribution < -0.4 is 5.32 Å². The van der Waals surface area contributed by atoms with Crippen LogP contribution in [0.1, 0.15) is 25.7 Å². The number of benzene rings is 1. The molecule has 0 saturated carbocycles. The molecule has 0 radical (unpaired) electrons. The summed E-state index contributed by atoms with van der Waals surface area (Å²) in [5.74, 6) is 0.586. The number of hydrogen-bond donors (Lipinski definition) is 1. The molecule has 0 aliphatic carbocycles. The van der Waals surface area contributed by atoms with Gasteiger partial charge in [0.25, 0.3) is 0 Å². The molecule has 23 heavy (non-hydrogen) atoms. The predicted molar refractivity (Wildman–Crippen MR) is 96.2 cm³/mol. The molecule has 0 bridgehead atoms. The maximum Gasteiger partial charge on any atom is 0.243 e. The molecule has 1 aromatic rings. The molecule has 1 aromatic carbocycles. The van der Waals surface area contributed by atoms with Crippen LogP contribution >= 0.6 is 35.6 Å². The number of hydrogen-bond acceptors (Lipinski definition) is 3. The van der Waals surface area contributed by atoms with E-state index in [1.807, 2.05) is 0 Å². The molecule has 0 amide bonds. The zero-order valence-corrected chi connectivity index (χ0v) is 15.8. The van der Waals surface area contributed by atoms with Crippen molar-refractivity contribution in [2.45, 2.75) is 36.6 Å². The molecule has 4 nitrogen and oxygen atoms in total. The van der Waals surface area contributed by atoms with Crippen molar-refractivity contribution in [2.75, 3.05) is 19.6 Å². The van der Waals surface area contributed by atoms with Gasteiger partial charge in [-0.25, -0.2) is 8.42 Å². The van der Waals surface area contributed by atoms with Gasteiger partial charge in [0, 0.05) is 19.1 Å². The molecule has 1 N–H and O–H groups in total. The Hall–Kier alpha value is -0.0400. The van der Waals surface area contributed by atoms with E-state index >= 15 is 0 Å². The van der Waals surface area contributed by atoms with Crippen LogP contribution in [0, 0.1) is 5.92 Å². The van der Waals surface area contributed by atoms with E-state index in [1.165, 1.54) is 31.0 Å². The standard InChI is InChI=1S/C15H20Cl2N2O2S.ClH/c16-13-4-3-12(10-14(13)17)22(20,21)19-8-5-11(6-9-19)15-2-1-7-18-15;/h3-4,10-11,15,18H,1-2,5-9H2;1H. The Morgan fingerprint density at radius 1 is 1.09 bits per heavy atom. The molecular formula is C15H21Cl3N2O2S. The molecule has 130 valence electrons. The molecule has 2 aliphatic heterocycles. The van der Waals surface area contributed by atoms with Crippen LogP contribution in [0.3, 0.4) is 0 Å². The van der Waals surface area contributed by atoms with E-state index < -0.39 is 10.0 Å². The van der Waals surface area contributed by atoms with E-state index in [4.69, 9.17) is 23.2 Å². The first-order valence-corrected chi connectivity index (χ1v) is 9.86. The van der Waals surface area contributed by atoms with Crippen molar-refractivity contribution in [2.24, 2.45) is 5.92 Å². The van der Waals surface area contributed by atoms with Gasteiger partial charge in [-0.3, -0.25) is 0 Å². The minimum atomic E-state index is -3.48. The average molecular weight is 400 g/mol. The number of halogens is 3. The fourth-order valence-electron chi connectivity index (χ4n) is 3.42. The van der Waals surface area contributed by atoms with Gasteiger partial charge in [0.05, 0.1) is 14.9 Å². The number of nitrogens with one attached hydrogen (secondary N) is 1. The Labute approximate surface area is 154 Å². The summed E-state index contributed by atoms with van der Waals surface area (Å²) in [6, 6.07) is 5.05. The first kappa shape index (κ1) is 19.3. The third kappa shape index (κ3) is 4.14. The zero-order valence-electron chi connectivity index (χ0n) is 12.7. The predicted octanol–water partition coefficient (Wildman–Crippen LogP) is 3.57. The lowest BCUT2D eigenvalue weighted by Crippen LogP contribution is -2.43. The van der Waals surface area contributed by atoms with Gasteiger partial charge in [-0.15, -0.1) is 12.4 Å². The Bertz CT molecular complexity index is 640. The monoisotopic (exact) mass is 398 g/mol. The van der Waals surface area contributed by atoms with Gasteiger partial charge in [-0.2, -0.15) is 4.31 Å². The summed E-state index contributed by atoms with van der Waals surface area (Å²) in [6.45, 7) is 2.24. The minimum absolute atomic E-state index is 0. The van der Waals surface area contributed by atoms with Crippen LogP contribution in [-0.2, 0) is 10.0 Å². The SMILES string of the molecule is Cl.O=S(=O)(c1ccc(Cl)c(Cl)c1)N1CCC(C2CCCN2)CC1. The van der Waals surface area contributed by atoms with Gasteiger partial charge in [0.15, 0.2) is 0 Å². The number of sulfonamides is 1. The van der Waals surface area contributed by atoms with Crippen LogP contribution in [0.2, 0.25) is 10.0 Å². The van der Waals surface area contributed by atoms with E-state index in [2.05, 4.69) is 5.32 Å². The third-order valence-corrected chi connectivity index (χ3v) is 7.33. The molecule has 2 saturated heterocycles. The molecular weight excluding hydrogens is 379 g/mol. The van der Waals surface area contributed by atoms with E-state index in [1.54, 1.807) is 4.31 Å². The molecule has 1 unspecified atom stereocenters. The highest BCUT2D eigenvalue weighted by atomic mass is 35.5. The summed E-state index contributed by atoms with van der Waals surface area (Å²) in [4.78, 5) is 0.222. The highest BCUT2D eigenvalue weighted by molar-refractivity contribution is 7.89. The summed E-state index contributed by atoms with van der Waals surface area (Å²) in [5, 5.41) is 4.16. The smallest absolute Gasteiger partial charge is 0.243 e. The molecule has 2 aliphatic rings. The largest absolute Gasteiger partial charge is 0.314 e. The van der Waals surface area contributed by atoms with Crippen molar-refractivity contribution in [1.82, 2.24) is 9.62 Å². The molecule has 1 atom stereocenters. The van der Waals surface area contributed by atoms with Crippen molar-refractivity contribution < 1.29 is 8.42 Å². The topological polar surface area (TPSA) is 49.4 Å². The van der Waals surface area contributed by atoms with E-state index in [0.717, 1.165) is 19.4 Å². The van der Waals surface area contributed by atoms with Gasteiger partial charge < -0.3 is 5.32 Å². The van der Waals surface area contributed by atoms with E-state index in [9.17, 15) is 8.42 Å². The van der Waals surface area contributed by atoms with Gasteiger partial charge >= 0.3 is 0 Å². The molecule has 2 fully saturated rings. The Kier molecular flexibility index (Phi) is 6.62. The van der Waals surface area contributed by atoms with Crippen molar-refractivity contribution in [3.63, 3.8) is 0 Å². The second kappa shape index (κ2) is 7.89. The van der Waals surface area contributed by atoms with Gasteiger partial charge in [0.1, 0.15) is 0 Å². The quantitative estimate of drug-likeness (QED) is 0.845. The lowest BCUT2D eigenvalue weighted by atomic mass is 9.89. The number of rotatable bonds is 3. The Morgan fingerprint density at radius 3 is 2.35 bits per heavy atom. The van der Waals surface area contributed by atoms with Crippen LogP contribution in [0.15, 0.2) is 23.1 Å². The lowest BCUT2D eigenvalue weighted by molar-refractivity contribution is 0.234. The second-order valence-corrected chi connectivity index (χ2v) is 8.77. The van der Waals surface area contributed by atoms with Crippen LogP contribution in [0.5, 0.6) is 0 Å². The average Bonchev–Trinajstić information content (AvgIpc) is 3.04. The van der Waals surface area contributed by atoms with Gasteiger partial charge in [-0.1, -0.05) is 23.2 Å². The third-order valence-electron chi connectivity index (χ3n) is 4.69. The zero-order chi connectivity index (χ0) is 15.7. The normalized spacial score (nSPS) is 23.7. The summed E-state index contributed by atoms with van der Waals surface area (Å²) < 4.78 is 26.9. The molecule has 2 heterocycles. The molecule has 3 rings (SSSR count). The van der Waals surface area contributed by atoms with Crippen LogP contribution in [0.25, 0.3) is 0 Å². The summed E-state index contributed by atoms with van der Waals surface area (Å²) in [6.07, 6.45) is 4.27. The van der Waals surface area contributed by atoms with Crippen LogP contribution in [-0.4, -0.2) is 38.4 Å². The van der Waals surface area contributed by atoms with Crippen molar-refractivity contribution >= 4 is 45.6 Å². The molecule has 0 aromatic heterocycles. The maximum absolute atomic E-state index is 12.7.